The third kappa shape index (κ3) is 17.5. The molecule has 1 aromatic carbocycles. The molecule has 3 rings (SSSR count). The van der Waals surface area contributed by atoms with E-state index in [4.69, 9.17) is 16.3 Å². The number of carbonyl (C=O) groups excluding carboxylic acids is 1. The number of hydrogen-bond acceptors (Lipinski definition) is 5. The minimum absolute atomic E-state index is 0.0108. The van der Waals surface area contributed by atoms with E-state index in [0.29, 0.717) is 31.4 Å². The van der Waals surface area contributed by atoms with Crippen LogP contribution in [0.25, 0.3) is 0 Å². The third-order valence-corrected chi connectivity index (χ3v) is 13.4. The first-order valence-electron chi connectivity index (χ1n) is 22.5. The van der Waals surface area contributed by atoms with Gasteiger partial charge in [-0.15, -0.1) is 11.6 Å². The summed E-state index contributed by atoms with van der Waals surface area (Å²) in [5.41, 5.74) is 1.47. The molecule has 55 heavy (non-hydrogen) atoms. The summed E-state index contributed by atoms with van der Waals surface area (Å²) >= 11 is 6.66. The van der Waals surface area contributed by atoms with Crippen molar-refractivity contribution in [3.8, 4) is 0 Å². The Bertz CT molecular complexity index is 1250. The second kappa shape index (κ2) is 27.5. The number of ether oxygens (including phenoxy) is 1. The first kappa shape index (κ1) is 47.2. The summed E-state index contributed by atoms with van der Waals surface area (Å²) < 4.78 is 5.61. The zero-order valence-corrected chi connectivity index (χ0v) is 35.4. The number of hydrogen-bond donors (Lipinski definition) is 3. The van der Waals surface area contributed by atoms with Gasteiger partial charge in [0.2, 0.25) is 0 Å². The Morgan fingerprint density at radius 1 is 0.891 bits per heavy atom. The van der Waals surface area contributed by atoms with Crippen LogP contribution in [0.5, 0.6) is 0 Å². The molecule has 0 spiro atoms. The van der Waals surface area contributed by atoms with E-state index < -0.39 is 12.1 Å². The summed E-state index contributed by atoms with van der Waals surface area (Å²) in [7, 11) is 0. The summed E-state index contributed by atoms with van der Waals surface area (Å²) in [5, 5.41) is 30.9. The predicted molar refractivity (Wildman–Crippen MR) is 228 cm³/mol. The lowest BCUT2D eigenvalue weighted by Gasteiger charge is -2.45. The van der Waals surface area contributed by atoms with Gasteiger partial charge in [-0.05, 0) is 106 Å². The smallest absolute Gasteiger partial charge is 0.335 e. The number of carboxylic acids is 1. The van der Waals surface area contributed by atoms with Crippen LogP contribution >= 0.6 is 11.6 Å². The fraction of sp³-hybridized carbons (Fsp3) is 0.750. The van der Waals surface area contributed by atoms with Crippen LogP contribution in [0.1, 0.15) is 203 Å². The predicted octanol–water partition coefficient (Wildman–Crippen LogP) is 12.9. The van der Waals surface area contributed by atoms with E-state index in [-0.39, 0.29) is 40.6 Å². The van der Waals surface area contributed by atoms with Crippen LogP contribution in [-0.4, -0.2) is 51.5 Å². The highest BCUT2D eigenvalue weighted by atomic mass is 35.5. The van der Waals surface area contributed by atoms with Gasteiger partial charge in [-0.3, -0.25) is 4.79 Å². The maximum Gasteiger partial charge on any atom is 0.335 e. The second-order valence-electron chi connectivity index (χ2n) is 16.9. The first-order valence-corrected chi connectivity index (χ1v) is 22.9. The lowest BCUT2D eigenvalue weighted by molar-refractivity contribution is -0.143. The molecule has 2 saturated carbocycles. The first-order chi connectivity index (χ1) is 26.7. The van der Waals surface area contributed by atoms with Crippen LogP contribution in [0.15, 0.2) is 48.6 Å². The molecule has 1 aromatic rings. The van der Waals surface area contributed by atoms with Crippen LogP contribution in [0.3, 0.4) is 0 Å². The van der Waals surface area contributed by atoms with Gasteiger partial charge in [-0.2, -0.15) is 0 Å². The van der Waals surface area contributed by atoms with Gasteiger partial charge in [0.25, 0.3) is 0 Å². The number of carboxylic acid groups (broad SMARTS) is 1. The third-order valence-electron chi connectivity index (χ3n) is 12.9. The fourth-order valence-electron chi connectivity index (χ4n) is 8.97. The monoisotopic (exact) mass is 785 g/mol. The van der Waals surface area contributed by atoms with E-state index in [1.807, 2.05) is 18.2 Å². The largest absolute Gasteiger partial charge is 0.478 e. The zero-order valence-electron chi connectivity index (χ0n) is 34.6. The number of aliphatic hydroxyl groups is 2. The van der Waals surface area contributed by atoms with Gasteiger partial charge >= 0.3 is 11.9 Å². The molecule has 3 N–H and O–H groups in total. The van der Waals surface area contributed by atoms with Crippen molar-refractivity contribution in [2.45, 2.75) is 204 Å². The molecule has 312 valence electrons. The quantitative estimate of drug-likeness (QED) is 0.0300. The number of allylic oxidation sites excluding steroid dienone is 2. The Balaban J connectivity index is 1.31. The molecule has 0 bridgehead atoms. The number of unbranched alkanes of at least 4 members (excludes halogenated alkanes) is 13. The Morgan fingerprint density at radius 2 is 1.55 bits per heavy atom. The molecule has 0 amide bonds. The zero-order chi connectivity index (χ0) is 39.7. The van der Waals surface area contributed by atoms with Crippen LogP contribution < -0.4 is 0 Å². The van der Waals surface area contributed by atoms with Gasteiger partial charge in [-0.25, -0.2) is 4.79 Å². The fourth-order valence-corrected chi connectivity index (χ4v) is 9.42. The van der Waals surface area contributed by atoms with Gasteiger partial charge in [0, 0.05) is 17.7 Å². The van der Waals surface area contributed by atoms with Gasteiger partial charge in [0.05, 0.1) is 24.4 Å². The molecule has 2 aliphatic rings. The topological polar surface area (TPSA) is 104 Å². The van der Waals surface area contributed by atoms with Crippen molar-refractivity contribution in [1.82, 2.24) is 0 Å². The van der Waals surface area contributed by atoms with E-state index in [9.17, 15) is 24.9 Å². The molecule has 0 aliphatic heterocycles. The van der Waals surface area contributed by atoms with Gasteiger partial charge in [-0.1, -0.05) is 140 Å². The van der Waals surface area contributed by atoms with Crippen LogP contribution in [0, 0.1) is 17.3 Å². The SMILES string of the molecule is CCCCCCCCCCCCCCCC(CCCOC(=O)CCCC=CC[C@@H]1[C@@H](C=CC[C@H](O)C2(CC)CCC2)[C@H](O)C[C@H]1Cl)c1cccc(C(=O)O)c1. The number of carbonyl (C=O) groups is 2. The van der Waals surface area contributed by atoms with Gasteiger partial charge in [0.15, 0.2) is 0 Å². The second-order valence-corrected chi connectivity index (χ2v) is 17.5. The molecule has 2 fully saturated rings. The van der Waals surface area contributed by atoms with E-state index in [0.717, 1.165) is 69.8 Å². The maximum absolute atomic E-state index is 12.5. The van der Waals surface area contributed by atoms with Crippen molar-refractivity contribution in [1.29, 1.82) is 0 Å². The van der Waals surface area contributed by atoms with Crippen LogP contribution in [0.4, 0.5) is 0 Å². The molecule has 1 unspecified atom stereocenters. The summed E-state index contributed by atoms with van der Waals surface area (Å²) in [6.07, 6.45) is 35.7. The number of benzene rings is 1. The average Bonchev–Trinajstić information content (AvgIpc) is 3.42. The molecular weight excluding hydrogens is 708 g/mol. The molecule has 6 atom stereocenters. The van der Waals surface area contributed by atoms with Crippen LogP contribution in [-0.2, 0) is 9.53 Å². The Kier molecular flexibility index (Phi) is 23.6. The number of aromatic carboxylic acids is 1. The van der Waals surface area contributed by atoms with Gasteiger partial charge in [0.1, 0.15) is 0 Å². The minimum Gasteiger partial charge on any atom is -0.478 e. The number of aliphatic hydroxyl groups excluding tert-OH is 2. The highest BCUT2D eigenvalue weighted by Crippen LogP contribution is 2.48. The molecular formula is C48H77ClO6. The van der Waals surface area contributed by atoms with Crippen molar-refractivity contribution in [3.63, 3.8) is 0 Å². The standard InChI is InChI=1S/C48H77ClO6/c1-3-5-6-7-8-9-10-11-12-13-14-15-18-25-38(39-26-21-27-40(36-39)47(53)54)28-23-35-55-46(52)32-20-17-16-19-29-41-42(44(50)37-43(41)49)30-22-31-45(51)48(4-2)33-24-34-48/h16,19,21-22,26-27,30,36,38,41-45,50-51H,3-15,17-18,20,23-25,28-29,31-35,37H2,1-2H3,(H,53,54)/t38?,41-,42-,43-,44-,45+/m1/s1. The number of rotatable bonds is 31. The van der Waals surface area contributed by atoms with E-state index in [1.165, 1.54) is 83.5 Å². The average molecular weight is 786 g/mol. The van der Waals surface area contributed by atoms with Crippen molar-refractivity contribution in [3.05, 3.63) is 59.7 Å². The van der Waals surface area contributed by atoms with Crippen LogP contribution in [0.2, 0.25) is 0 Å². The summed E-state index contributed by atoms with van der Waals surface area (Å²) in [5.74, 6) is -0.679. The van der Waals surface area contributed by atoms with Crippen molar-refractivity contribution < 1.29 is 29.6 Å². The van der Waals surface area contributed by atoms with E-state index in [1.54, 1.807) is 6.07 Å². The molecule has 0 radical (unpaired) electrons. The highest BCUT2D eigenvalue weighted by molar-refractivity contribution is 6.21. The summed E-state index contributed by atoms with van der Waals surface area (Å²) in [4.78, 5) is 24.2. The number of alkyl halides is 1. The van der Waals surface area contributed by atoms with E-state index >= 15 is 0 Å². The molecule has 6 nitrogen and oxygen atoms in total. The highest BCUT2D eigenvalue weighted by Gasteiger charge is 2.42. The molecule has 2 aliphatic carbocycles. The van der Waals surface area contributed by atoms with Crippen molar-refractivity contribution in [2.24, 2.45) is 17.3 Å². The lowest BCUT2D eigenvalue weighted by Crippen LogP contribution is -2.40. The Morgan fingerprint density at radius 3 is 2.16 bits per heavy atom. The summed E-state index contributed by atoms with van der Waals surface area (Å²) in [6.45, 7) is 4.82. The summed E-state index contributed by atoms with van der Waals surface area (Å²) in [6, 6.07) is 7.35. The Labute approximate surface area is 339 Å². The normalized spacial score (nSPS) is 21.9. The Hall–Kier alpha value is -2.15. The number of halogens is 1. The van der Waals surface area contributed by atoms with Gasteiger partial charge < -0.3 is 20.1 Å². The number of esters is 1. The van der Waals surface area contributed by atoms with Crippen molar-refractivity contribution >= 4 is 23.5 Å². The maximum atomic E-state index is 12.5. The molecule has 7 heteroatoms. The molecule has 0 saturated heterocycles. The molecule has 0 heterocycles. The minimum atomic E-state index is -0.900. The molecule has 0 aromatic heterocycles. The lowest BCUT2D eigenvalue weighted by atomic mass is 9.63. The van der Waals surface area contributed by atoms with E-state index in [2.05, 4.69) is 38.2 Å². The van der Waals surface area contributed by atoms with Crippen molar-refractivity contribution in [2.75, 3.05) is 6.61 Å².